The van der Waals surface area contributed by atoms with Gasteiger partial charge in [-0.25, -0.2) is 0 Å². The highest BCUT2D eigenvalue weighted by molar-refractivity contribution is 5.89. The topological polar surface area (TPSA) is 92.9 Å². The highest BCUT2D eigenvalue weighted by Gasteiger charge is 2.46. The highest BCUT2D eigenvalue weighted by Crippen LogP contribution is 2.38. The lowest BCUT2D eigenvalue weighted by atomic mass is 9.95. The molecular formula is C11H20N2O4. The van der Waals surface area contributed by atoms with E-state index in [0.717, 1.165) is 12.8 Å². The summed E-state index contributed by atoms with van der Waals surface area (Å²) in [5.41, 5.74) is 5.03. The molecule has 0 aromatic rings. The molecule has 6 nitrogen and oxygen atoms in total. The lowest BCUT2D eigenvalue weighted by Crippen LogP contribution is -2.56. The van der Waals surface area contributed by atoms with Crippen molar-refractivity contribution in [2.45, 2.75) is 25.3 Å². The third kappa shape index (κ3) is 3.67. The number of ether oxygens (including phenoxy) is 1. The number of nitrogens with two attached hydrogens (primary N) is 1. The summed E-state index contributed by atoms with van der Waals surface area (Å²) >= 11 is 0. The first-order valence-electron chi connectivity index (χ1n) is 5.68. The van der Waals surface area contributed by atoms with Crippen LogP contribution in [0.5, 0.6) is 0 Å². The summed E-state index contributed by atoms with van der Waals surface area (Å²) in [4.78, 5) is 24.1. The average molecular weight is 244 g/mol. The molecule has 3 N–H and O–H groups in total. The zero-order chi connectivity index (χ0) is 13.1. The standard InChI is InChI=1S/C11H20N2O4/c1-11(12,8-3-4-8)10(16)13(5-6-17-2)7-9(14)15/h8H,3-7,12H2,1-2H3,(H,14,15). The van der Waals surface area contributed by atoms with Gasteiger partial charge < -0.3 is 20.5 Å². The average Bonchev–Trinajstić information content (AvgIpc) is 3.06. The summed E-state index contributed by atoms with van der Waals surface area (Å²) in [5.74, 6) is -1.17. The second-order valence-electron chi connectivity index (χ2n) is 4.67. The molecule has 0 heterocycles. The van der Waals surface area contributed by atoms with Crippen LogP contribution in [0.15, 0.2) is 0 Å². The number of nitrogens with zero attached hydrogens (tertiary/aromatic N) is 1. The van der Waals surface area contributed by atoms with Crippen molar-refractivity contribution in [3.05, 3.63) is 0 Å². The van der Waals surface area contributed by atoms with Crippen molar-refractivity contribution in [2.75, 3.05) is 26.8 Å². The number of methoxy groups -OCH3 is 1. The molecular weight excluding hydrogens is 224 g/mol. The van der Waals surface area contributed by atoms with E-state index >= 15 is 0 Å². The molecule has 1 atom stereocenters. The first-order chi connectivity index (χ1) is 7.89. The molecule has 0 saturated heterocycles. The van der Waals surface area contributed by atoms with E-state index in [0.29, 0.717) is 6.61 Å². The smallest absolute Gasteiger partial charge is 0.323 e. The number of carbonyl (C=O) groups is 2. The highest BCUT2D eigenvalue weighted by atomic mass is 16.5. The van der Waals surface area contributed by atoms with Crippen LogP contribution >= 0.6 is 0 Å². The number of amides is 1. The summed E-state index contributed by atoms with van der Waals surface area (Å²) in [6.45, 7) is 1.90. The van der Waals surface area contributed by atoms with E-state index in [1.54, 1.807) is 6.92 Å². The number of carboxylic acids is 1. The maximum Gasteiger partial charge on any atom is 0.323 e. The third-order valence-electron chi connectivity index (χ3n) is 3.06. The zero-order valence-corrected chi connectivity index (χ0v) is 10.3. The first kappa shape index (κ1) is 13.9. The van der Waals surface area contributed by atoms with Gasteiger partial charge in [-0.1, -0.05) is 0 Å². The Bertz CT molecular complexity index is 300. The van der Waals surface area contributed by atoms with Gasteiger partial charge in [-0.15, -0.1) is 0 Å². The van der Waals surface area contributed by atoms with Crippen LogP contribution in [-0.4, -0.2) is 54.2 Å². The van der Waals surface area contributed by atoms with E-state index in [9.17, 15) is 9.59 Å². The molecule has 1 unspecified atom stereocenters. The van der Waals surface area contributed by atoms with Gasteiger partial charge >= 0.3 is 5.97 Å². The van der Waals surface area contributed by atoms with Gasteiger partial charge in [-0.2, -0.15) is 0 Å². The normalized spacial score (nSPS) is 18.5. The van der Waals surface area contributed by atoms with E-state index in [2.05, 4.69) is 0 Å². The largest absolute Gasteiger partial charge is 0.480 e. The van der Waals surface area contributed by atoms with Gasteiger partial charge in [0.1, 0.15) is 6.54 Å². The molecule has 17 heavy (non-hydrogen) atoms. The number of aliphatic carboxylic acids is 1. The summed E-state index contributed by atoms with van der Waals surface area (Å²) in [6, 6.07) is 0. The Morgan fingerprint density at radius 2 is 2.12 bits per heavy atom. The minimum Gasteiger partial charge on any atom is -0.480 e. The van der Waals surface area contributed by atoms with Gasteiger partial charge in [0.15, 0.2) is 0 Å². The Morgan fingerprint density at radius 1 is 1.53 bits per heavy atom. The van der Waals surface area contributed by atoms with E-state index in [-0.39, 0.29) is 24.9 Å². The van der Waals surface area contributed by atoms with Crippen molar-refractivity contribution in [3.63, 3.8) is 0 Å². The fourth-order valence-electron chi connectivity index (χ4n) is 1.82. The quantitative estimate of drug-likeness (QED) is 0.640. The molecule has 1 saturated carbocycles. The number of carboxylic acid groups (broad SMARTS) is 1. The van der Waals surface area contributed by atoms with Gasteiger partial charge in [-0.3, -0.25) is 9.59 Å². The molecule has 0 radical (unpaired) electrons. The van der Waals surface area contributed by atoms with Gasteiger partial charge in [0.2, 0.25) is 5.91 Å². The Labute approximate surface area is 101 Å². The Hall–Kier alpha value is -1.14. The van der Waals surface area contributed by atoms with E-state index in [1.165, 1.54) is 12.0 Å². The van der Waals surface area contributed by atoms with Gasteiger partial charge in [0.25, 0.3) is 0 Å². The number of rotatable bonds is 7. The predicted molar refractivity (Wildman–Crippen MR) is 61.4 cm³/mol. The SMILES string of the molecule is COCCN(CC(=O)O)C(=O)C(C)(N)C1CC1. The van der Waals surface area contributed by atoms with Crippen LogP contribution < -0.4 is 5.73 Å². The van der Waals surface area contributed by atoms with Crippen LogP contribution in [0.4, 0.5) is 0 Å². The summed E-state index contributed by atoms with van der Waals surface area (Å²) in [5, 5.41) is 8.78. The molecule has 1 fully saturated rings. The third-order valence-corrected chi connectivity index (χ3v) is 3.06. The summed E-state index contributed by atoms with van der Waals surface area (Å²) in [6.07, 6.45) is 1.87. The zero-order valence-electron chi connectivity index (χ0n) is 10.3. The molecule has 0 aromatic carbocycles. The van der Waals surface area contributed by atoms with E-state index < -0.39 is 11.5 Å². The van der Waals surface area contributed by atoms with Crippen LogP contribution in [0, 0.1) is 5.92 Å². The second kappa shape index (κ2) is 5.46. The van der Waals surface area contributed by atoms with Crippen molar-refractivity contribution < 1.29 is 19.4 Å². The molecule has 1 rings (SSSR count). The lowest BCUT2D eigenvalue weighted by molar-refractivity contribution is -0.147. The molecule has 0 spiro atoms. The molecule has 0 aromatic heterocycles. The van der Waals surface area contributed by atoms with E-state index in [4.69, 9.17) is 15.6 Å². The Kier molecular flexibility index (Phi) is 4.47. The molecule has 0 aliphatic heterocycles. The van der Waals surface area contributed by atoms with Gasteiger partial charge in [0.05, 0.1) is 12.1 Å². The minimum atomic E-state index is -1.04. The Morgan fingerprint density at radius 3 is 2.53 bits per heavy atom. The van der Waals surface area contributed by atoms with Crippen molar-refractivity contribution in [1.29, 1.82) is 0 Å². The minimum absolute atomic E-state index is 0.175. The molecule has 1 aliphatic carbocycles. The Balaban J connectivity index is 2.66. The maximum absolute atomic E-state index is 12.2. The van der Waals surface area contributed by atoms with Crippen LogP contribution in [0.3, 0.4) is 0 Å². The predicted octanol–water partition coefficient (Wildman–Crippen LogP) is -0.327. The number of hydrogen-bond acceptors (Lipinski definition) is 4. The molecule has 6 heteroatoms. The second-order valence-corrected chi connectivity index (χ2v) is 4.67. The fraction of sp³-hybridized carbons (Fsp3) is 0.818. The van der Waals surface area contributed by atoms with Gasteiger partial charge in [0, 0.05) is 13.7 Å². The van der Waals surface area contributed by atoms with E-state index in [1.807, 2.05) is 0 Å². The van der Waals surface area contributed by atoms with Crippen molar-refractivity contribution in [3.8, 4) is 0 Å². The molecule has 1 aliphatic rings. The van der Waals surface area contributed by atoms with Crippen molar-refractivity contribution in [2.24, 2.45) is 11.7 Å². The van der Waals surface area contributed by atoms with Crippen LogP contribution in [0.25, 0.3) is 0 Å². The number of hydrogen-bond donors (Lipinski definition) is 2. The summed E-state index contributed by atoms with van der Waals surface area (Å²) in [7, 11) is 1.51. The van der Waals surface area contributed by atoms with Crippen LogP contribution in [0.2, 0.25) is 0 Å². The molecule has 0 bridgehead atoms. The molecule has 1 amide bonds. The lowest BCUT2D eigenvalue weighted by Gasteiger charge is -2.30. The van der Waals surface area contributed by atoms with Crippen molar-refractivity contribution >= 4 is 11.9 Å². The summed E-state index contributed by atoms with van der Waals surface area (Å²) < 4.78 is 4.87. The fourth-order valence-corrected chi connectivity index (χ4v) is 1.82. The van der Waals surface area contributed by atoms with Crippen LogP contribution in [0.1, 0.15) is 19.8 Å². The maximum atomic E-state index is 12.2. The van der Waals surface area contributed by atoms with Crippen molar-refractivity contribution in [1.82, 2.24) is 4.90 Å². The van der Waals surface area contributed by atoms with Gasteiger partial charge in [-0.05, 0) is 25.7 Å². The van der Waals surface area contributed by atoms with Crippen LogP contribution in [-0.2, 0) is 14.3 Å². The molecule has 98 valence electrons. The number of carbonyl (C=O) groups excluding carboxylic acids is 1. The monoisotopic (exact) mass is 244 g/mol. The first-order valence-corrected chi connectivity index (χ1v) is 5.68.